The summed E-state index contributed by atoms with van der Waals surface area (Å²) in [6.07, 6.45) is -1.14. The van der Waals surface area contributed by atoms with Crippen LogP contribution >= 0.6 is 0 Å². The topological polar surface area (TPSA) is 90.9 Å². The Labute approximate surface area is 152 Å². The number of ether oxygens (including phenoxy) is 1. The molecular weight excluding hydrogens is 341 g/mol. The Balaban J connectivity index is 1.82. The lowest BCUT2D eigenvalue weighted by atomic mass is 10.1. The lowest BCUT2D eigenvalue weighted by Gasteiger charge is -2.21. The number of alkyl halides is 1. The van der Waals surface area contributed by atoms with Crippen molar-refractivity contribution in [2.45, 2.75) is 38.9 Å². The van der Waals surface area contributed by atoms with Gasteiger partial charge in [0.1, 0.15) is 12.3 Å². The largest absolute Gasteiger partial charge is 0.444 e. The molecule has 0 radical (unpaired) electrons. The fourth-order valence-corrected chi connectivity index (χ4v) is 2.65. The molecule has 144 valence electrons. The molecule has 1 aromatic rings. The maximum atomic E-state index is 12.5. The molecule has 2 rings (SSSR count). The van der Waals surface area contributed by atoms with Crippen molar-refractivity contribution < 1.29 is 23.8 Å². The van der Waals surface area contributed by atoms with E-state index in [1.165, 1.54) is 4.90 Å². The number of halogens is 1. The maximum Gasteiger partial charge on any atom is 0.407 e. The molecule has 0 fully saturated rings. The van der Waals surface area contributed by atoms with Crippen LogP contribution in [0.1, 0.15) is 26.3 Å². The summed E-state index contributed by atoms with van der Waals surface area (Å²) in [5, 5.41) is 15.5. The first-order valence-corrected chi connectivity index (χ1v) is 8.57. The van der Waals surface area contributed by atoms with E-state index in [4.69, 9.17) is 4.74 Å². The fourth-order valence-electron chi connectivity index (χ4n) is 2.65. The van der Waals surface area contributed by atoms with Gasteiger partial charge in [0.2, 0.25) is 5.91 Å². The minimum absolute atomic E-state index is 0.0512. The van der Waals surface area contributed by atoms with Crippen LogP contribution in [0.4, 0.5) is 20.6 Å². The molecule has 1 aromatic carbocycles. The summed E-state index contributed by atoms with van der Waals surface area (Å²) in [5.74, 6) is -0.114. The van der Waals surface area contributed by atoms with E-state index in [1.807, 2.05) is 6.07 Å². The van der Waals surface area contributed by atoms with Crippen LogP contribution in [0.25, 0.3) is 0 Å². The Morgan fingerprint density at radius 1 is 1.38 bits per heavy atom. The molecule has 1 heterocycles. The zero-order chi connectivity index (χ0) is 19.3. The van der Waals surface area contributed by atoms with Crippen molar-refractivity contribution in [3.05, 3.63) is 23.8 Å². The molecular formula is C18H26FN3O4. The van der Waals surface area contributed by atoms with E-state index in [-0.39, 0.29) is 32.0 Å². The number of alkyl carbamates (subject to hydrolysis) is 1. The summed E-state index contributed by atoms with van der Waals surface area (Å²) in [5.41, 5.74) is 1.71. The number of fused-ring (bicyclic) bond motifs is 1. The Hall–Kier alpha value is -2.35. The molecule has 1 atom stereocenters. The minimum Gasteiger partial charge on any atom is -0.444 e. The van der Waals surface area contributed by atoms with Gasteiger partial charge < -0.3 is 25.4 Å². The number of carbonyl (C=O) groups excluding carboxylic acids is 2. The first-order valence-electron chi connectivity index (χ1n) is 8.57. The summed E-state index contributed by atoms with van der Waals surface area (Å²) in [4.78, 5) is 24.9. The molecule has 0 bridgehead atoms. The third-order valence-corrected chi connectivity index (χ3v) is 3.74. The molecule has 8 heteroatoms. The second kappa shape index (κ2) is 8.35. The molecule has 3 N–H and O–H groups in total. The molecule has 1 aliphatic heterocycles. The molecule has 0 spiro atoms. The number of aliphatic hydroxyl groups excluding tert-OH is 1. The number of amides is 2. The smallest absolute Gasteiger partial charge is 0.407 e. The van der Waals surface area contributed by atoms with Gasteiger partial charge in [-0.1, -0.05) is 0 Å². The van der Waals surface area contributed by atoms with Gasteiger partial charge >= 0.3 is 6.09 Å². The van der Waals surface area contributed by atoms with Crippen LogP contribution in [-0.4, -0.2) is 55.1 Å². The normalized spacial score (nSPS) is 14.8. The van der Waals surface area contributed by atoms with E-state index >= 15 is 0 Å². The van der Waals surface area contributed by atoms with E-state index in [2.05, 4.69) is 10.6 Å². The number of rotatable bonds is 7. The van der Waals surface area contributed by atoms with Gasteiger partial charge in [-0.15, -0.1) is 0 Å². The van der Waals surface area contributed by atoms with Gasteiger partial charge in [-0.05, 0) is 44.5 Å². The lowest BCUT2D eigenvalue weighted by molar-refractivity contribution is -0.117. The highest BCUT2D eigenvalue weighted by atomic mass is 19.1. The zero-order valence-electron chi connectivity index (χ0n) is 15.3. The fraction of sp³-hybridized carbons (Fsp3) is 0.556. The van der Waals surface area contributed by atoms with Crippen LogP contribution in [-0.2, 0) is 16.0 Å². The maximum absolute atomic E-state index is 12.5. The second-order valence-corrected chi connectivity index (χ2v) is 7.17. The third-order valence-electron chi connectivity index (χ3n) is 3.74. The average Bonchev–Trinajstić information content (AvgIpc) is 2.85. The molecule has 0 aromatic heterocycles. The summed E-state index contributed by atoms with van der Waals surface area (Å²) >= 11 is 0. The van der Waals surface area contributed by atoms with E-state index in [0.717, 1.165) is 16.9 Å². The van der Waals surface area contributed by atoms with Crippen molar-refractivity contribution in [3.8, 4) is 0 Å². The SMILES string of the molecule is CC(C)(C)OC(=O)NC[C@H](O)CNc1ccc2c(c1)CC(=O)N2CCF. The van der Waals surface area contributed by atoms with Crippen molar-refractivity contribution in [2.75, 3.05) is 36.5 Å². The van der Waals surface area contributed by atoms with Crippen LogP contribution < -0.4 is 15.5 Å². The number of aliphatic hydroxyl groups is 1. The lowest BCUT2D eigenvalue weighted by Crippen LogP contribution is -2.39. The van der Waals surface area contributed by atoms with Crippen molar-refractivity contribution in [1.82, 2.24) is 5.32 Å². The molecule has 0 saturated heterocycles. The van der Waals surface area contributed by atoms with E-state index in [1.54, 1.807) is 32.9 Å². The molecule has 7 nitrogen and oxygen atoms in total. The number of anilines is 2. The quantitative estimate of drug-likeness (QED) is 0.684. The highest BCUT2D eigenvalue weighted by Gasteiger charge is 2.27. The highest BCUT2D eigenvalue weighted by molar-refractivity contribution is 6.01. The second-order valence-electron chi connectivity index (χ2n) is 7.17. The Bertz CT molecular complexity index is 660. The monoisotopic (exact) mass is 367 g/mol. The minimum atomic E-state index is -0.805. The van der Waals surface area contributed by atoms with Crippen LogP contribution in [0.15, 0.2) is 18.2 Å². The number of benzene rings is 1. The summed E-state index contributed by atoms with van der Waals surface area (Å²) in [7, 11) is 0. The Kier molecular flexibility index (Phi) is 6.42. The van der Waals surface area contributed by atoms with E-state index < -0.39 is 24.5 Å². The molecule has 2 amide bonds. The number of nitrogens with zero attached hydrogens (tertiary/aromatic N) is 1. The molecule has 1 aliphatic rings. The number of hydrogen-bond donors (Lipinski definition) is 3. The van der Waals surface area contributed by atoms with Gasteiger partial charge in [0.15, 0.2) is 0 Å². The van der Waals surface area contributed by atoms with E-state index in [0.29, 0.717) is 0 Å². The molecule has 0 saturated carbocycles. The first kappa shape index (κ1) is 20.0. The number of nitrogens with one attached hydrogen (secondary N) is 2. The number of carbonyl (C=O) groups is 2. The van der Waals surface area contributed by atoms with Gasteiger partial charge in [-0.25, -0.2) is 9.18 Å². The van der Waals surface area contributed by atoms with Gasteiger partial charge in [0.05, 0.1) is 19.1 Å². The average molecular weight is 367 g/mol. The van der Waals surface area contributed by atoms with Crippen LogP contribution in [0, 0.1) is 0 Å². The predicted molar refractivity (Wildman–Crippen MR) is 97.2 cm³/mol. The predicted octanol–water partition coefficient (Wildman–Crippen LogP) is 1.84. The van der Waals surface area contributed by atoms with Crippen molar-refractivity contribution in [2.24, 2.45) is 0 Å². The molecule has 0 unspecified atom stereocenters. The van der Waals surface area contributed by atoms with Crippen molar-refractivity contribution in [3.63, 3.8) is 0 Å². The van der Waals surface area contributed by atoms with Gasteiger partial charge in [0.25, 0.3) is 0 Å². The summed E-state index contributed by atoms with van der Waals surface area (Å²) in [6.45, 7) is 5.04. The Morgan fingerprint density at radius 3 is 2.77 bits per heavy atom. The van der Waals surface area contributed by atoms with E-state index in [9.17, 15) is 19.1 Å². The summed E-state index contributed by atoms with van der Waals surface area (Å²) in [6, 6.07) is 5.36. The summed E-state index contributed by atoms with van der Waals surface area (Å²) < 4.78 is 17.6. The molecule has 0 aliphatic carbocycles. The highest BCUT2D eigenvalue weighted by Crippen LogP contribution is 2.31. The zero-order valence-corrected chi connectivity index (χ0v) is 15.3. The van der Waals surface area contributed by atoms with Gasteiger partial charge in [-0.3, -0.25) is 4.79 Å². The number of hydrogen-bond acceptors (Lipinski definition) is 5. The first-order chi connectivity index (χ1) is 12.2. The van der Waals surface area contributed by atoms with Crippen LogP contribution in [0.3, 0.4) is 0 Å². The Morgan fingerprint density at radius 2 is 2.12 bits per heavy atom. The standard InChI is InChI=1S/C18H26FN3O4/c1-18(2,3)26-17(25)21-11-14(23)10-20-13-4-5-15-12(8-13)9-16(24)22(15)7-6-19/h4-5,8,14,20,23H,6-7,9-11H2,1-3H3,(H,21,25)/t14-/m1/s1. The van der Waals surface area contributed by atoms with Crippen LogP contribution in [0.2, 0.25) is 0 Å². The third kappa shape index (κ3) is 5.59. The van der Waals surface area contributed by atoms with Gasteiger partial charge in [-0.2, -0.15) is 0 Å². The van der Waals surface area contributed by atoms with Crippen LogP contribution in [0.5, 0.6) is 0 Å². The van der Waals surface area contributed by atoms with Gasteiger partial charge in [0, 0.05) is 24.5 Å². The van der Waals surface area contributed by atoms with Crippen molar-refractivity contribution in [1.29, 1.82) is 0 Å². The van der Waals surface area contributed by atoms with Crippen molar-refractivity contribution >= 4 is 23.4 Å². The molecule has 26 heavy (non-hydrogen) atoms.